The van der Waals surface area contributed by atoms with Crippen LogP contribution in [0.15, 0.2) is 36.5 Å². The number of aryl methyl sites for hydroxylation is 1. The van der Waals surface area contributed by atoms with Crippen molar-refractivity contribution in [3.8, 4) is 0 Å². The Morgan fingerprint density at radius 3 is 3.03 bits per heavy atom. The van der Waals surface area contributed by atoms with Crippen molar-refractivity contribution in [2.45, 2.75) is 38.0 Å². The molecule has 0 saturated carbocycles. The van der Waals surface area contributed by atoms with E-state index in [1.165, 1.54) is 5.56 Å². The Morgan fingerprint density at radius 1 is 1.41 bits per heavy atom. The predicted molar refractivity (Wildman–Crippen MR) is 110 cm³/mol. The van der Waals surface area contributed by atoms with Crippen LogP contribution in [0.25, 0.3) is 0 Å². The van der Waals surface area contributed by atoms with Gasteiger partial charge in [-0.25, -0.2) is 4.68 Å². The van der Waals surface area contributed by atoms with Crippen LogP contribution >= 0.6 is 0 Å². The Morgan fingerprint density at radius 2 is 2.24 bits per heavy atom. The molecule has 29 heavy (non-hydrogen) atoms. The number of ether oxygens (including phenoxy) is 1. The first-order valence-corrected chi connectivity index (χ1v) is 10.2. The van der Waals surface area contributed by atoms with E-state index < -0.39 is 5.54 Å². The molecule has 0 aliphatic carbocycles. The van der Waals surface area contributed by atoms with Gasteiger partial charge in [0.15, 0.2) is 0 Å². The highest BCUT2D eigenvalue weighted by Gasteiger charge is 2.43. The quantitative estimate of drug-likeness (QED) is 0.673. The van der Waals surface area contributed by atoms with Crippen LogP contribution in [0.2, 0.25) is 0 Å². The standard InChI is InChI=1S/C21H29N5O3/c1-16-12-29-15-21(14-27,25(16)11-17-6-3-2-4-7-17)13-23-20(28)18-10-24-26-9-5-8-22-19(18)26/h2-4,6-7,10,16,22,27H,5,8-9,11-15H2,1H3,(H,23,28)/t16-,21+/m1/s1. The SMILES string of the molecule is C[C@@H]1COC[C@@](CO)(CNC(=O)c2cnn3c2NCCC3)N1Cc1ccccc1. The van der Waals surface area contributed by atoms with Gasteiger partial charge in [0.05, 0.1) is 31.6 Å². The fraction of sp³-hybridized carbons (Fsp3) is 0.524. The minimum atomic E-state index is -0.677. The van der Waals surface area contributed by atoms with Crippen molar-refractivity contribution in [1.82, 2.24) is 20.0 Å². The third-order valence-electron chi connectivity index (χ3n) is 5.86. The molecule has 3 heterocycles. The number of anilines is 1. The zero-order valence-corrected chi connectivity index (χ0v) is 16.8. The summed E-state index contributed by atoms with van der Waals surface area (Å²) in [7, 11) is 0. The second kappa shape index (κ2) is 8.52. The maximum atomic E-state index is 12.9. The summed E-state index contributed by atoms with van der Waals surface area (Å²) in [6.07, 6.45) is 2.60. The van der Waals surface area contributed by atoms with Crippen LogP contribution in [0.4, 0.5) is 5.82 Å². The molecule has 3 N–H and O–H groups in total. The largest absolute Gasteiger partial charge is 0.394 e. The normalized spacial score (nSPS) is 24.6. The summed E-state index contributed by atoms with van der Waals surface area (Å²) >= 11 is 0. The molecule has 1 aromatic carbocycles. The molecule has 4 rings (SSSR count). The van der Waals surface area contributed by atoms with Gasteiger partial charge in [-0.1, -0.05) is 30.3 Å². The summed E-state index contributed by atoms with van der Waals surface area (Å²) in [5.41, 5.74) is 1.03. The number of aliphatic hydroxyl groups excluding tert-OH is 1. The Bertz CT molecular complexity index is 840. The molecular formula is C21H29N5O3. The van der Waals surface area contributed by atoms with Crippen molar-refractivity contribution in [1.29, 1.82) is 0 Å². The number of carbonyl (C=O) groups is 1. The number of hydrogen-bond donors (Lipinski definition) is 3. The summed E-state index contributed by atoms with van der Waals surface area (Å²) in [6.45, 7) is 5.59. The molecule has 8 nitrogen and oxygen atoms in total. The number of rotatable bonds is 6. The molecular weight excluding hydrogens is 370 g/mol. The summed E-state index contributed by atoms with van der Waals surface area (Å²) in [5, 5.41) is 20.9. The molecule has 2 aromatic rings. The van der Waals surface area contributed by atoms with Crippen LogP contribution in [0.1, 0.15) is 29.3 Å². The van der Waals surface area contributed by atoms with Crippen molar-refractivity contribution in [2.75, 3.05) is 38.2 Å². The van der Waals surface area contributed by atoms with Gasteiger partial charge in [0, 0.05) is 32.2 Å². The second-order valence-electron chi connectivity index (χ2n) is 7.95. The number of nitrogens with one attached hydrogen (secondary N) is 2. The number of aliphatic hydroxyl groups is 1. The Labute approximate surface area is 170 Å². The van der Waals surface area contributed by atoms with E-state index in [1.54, 1.807) is 6.20 Å². The molecule has 1 fully saturated rings. The van der Waals surface area contributed by atoms with Crippen molar-refractivity contribution in [3.05, 3.63) is 47.7 Å². The lowest BCUT2D eigenvalue weighted by molar-refractivity contribution is -0.121. The molecule has 1 saturated heterocycles. The fourth-order valence-corrected chi connectivity index (χ4v) is 4.19. The van der Waals surface area contributed by atoms with Crippen LogP contribution in [0.5, 0.6) is 0 Å². The number of nitrogens with zero attached hydrogens (tertiary/aromatic N) is 3. The lowest BCUT2D eigenvalue weighted by Crippen LogP contribution is -2.66. The van der Waals surface area contributed by atoms with Crippen LogP contribution in [-0.4, -0.2) is 70.2 Å². The average molecular weight is 399 g/mol. The summed E-state index contributed by atoms with van der Waals surface area (Å²) in [4.78, 5) is 15.1. The highest BCUT2D eigenvalue weighted by Crippen LogP contribution is 2.27. The fourth-order valence-electron chi connectivity index (χ4n) is 4.19. The number of fused-ring (bicyclic) bond motifs is 1. The van der Waals surface area contributed by atoms with E-state index >= 15 is 0 Å². The monoisotopic (exact) mass is 399 g/mol. The molecule has 156 valence electrons. The summed E-state index contributed by atoms with van der Waals surface area (Å²) in [5.74, 6) is 0.576. The van der Waals surface area contributed by atoms with E-state index in [4.69, 9.17) is 4.74 Å². The number of benzene rings is 1. The van der Waals surface area contributed by atoms with Gasteiger partial charge in [-0.3, -0.25) is 9.69 Å². The van der Waals surface area contributed by atoms with E-state index in [1.807, 2.05) is 22.9 Å². The van der Waals surface area contributed by atoms with E-state index in [2.05, 4.69) is 39.7 Å². The molecule has 8 heteroatoms. The van der Waals surface area contributed by atoms with Gasteiger partial charge < -0.3 is 20.5 Å². The van der Waals surface area contributed by atoms with Gasteiger partial charge in [0.2, 0.25) is 0 Å². The molecule has 2 atom stereocenters. The highest BCUT2D eigenvalue weighted by atomic mass is 16.5. The lowest BCUT2D eigenvalue weighted by atomic mass is 9.93. The first-order valence-electron chi connectivity index (χ1n) is 10.2. The minimum absolute atomic E-state index is 0.102. The Kier molecular flexibility index (Phi) is 5.84. The molecule has 2 aliphatic rings. The highest BCUT2D eigenvalue weighted by molar-refractivity contribution is 5.98. The molecule has 1 aromatic heterocycles. The minimum Gasteiger partial charge on any atom is -0.394 e. The Hall–Kier alpha value is -2.42. The first-order chi connectivity index (χ1) is 14.1. The average Bonchev–Trinajstić information content (AvgIpc) is 3.19. The summed E-state index contributed by atoms with van der Waals surface area (Å²) < 4.78 is 7.62. The molecule has 1 amide bonds. The van der Waals surface area contributed by atoms with Gasteiger partial charge in [0.1, 0.15) is 11.4 Å². The van der Waals surface area contributed by atoms with Gasteiger partial charge in [-0.05, 0) is 18.9 Å². The van der Waals surface area contributed by atoms with E-state index in [9.17, 15) is 9.90 Å². The number of hydrogen-bond acceptors (Lipinski definition) is 6. The van der Waals surface area contributed by atoms with Crippen LogP contribution in [-0.2, 0) is 17.8 Å². The molecule has 0 spiro atoms. The first kappa shape index (κ1) is 19.9. The van der Waals surface area contributed by atoms with Gasteiger partial charge in [0.25, 0.3) is 5.91 Å². The maximum absolute atomic E-state index is 12.9. The third kappa shape index (κ3) is 4.01. The second-order valence-corrected chi connectivity index (χ2v) is 7.95. The topological polar surface area (TPSA) is 91.6 Å². The predicted octanol–water partition coefficient (Wildman–Crippen LogP) is 1.08. The van der Waals surface area contributed by atoms with Crippen LogP contribution in [0.3, 0.4) is 0 Å². The van der Waals surface area contributed by atoms with E-state index in [0.717, 1.165) is 25.3 Å². The van der Waals surface area contributed by atoms with Gasteiger partial charge >= 0.3 is 0 Å². The molecule has 0 bridgehead atoms. The Balaban J connectivity index is 1.50. The van der Waals surface area contributed by atoms with Crippen molar-refractivity contribution >= 4 is 11.7 Å². The molecule has 0 radical (unpaired) electrons. The lowest BCUT2D eigenvalue weighted by Gasteiger charge is -2.49. The number of carbonyl (C=O) groups excluding carboxylic acids is 1. The van der Waals surface area contributed by atoms with Gasteiger partial charge in [-0.2, -0.15) is 5.10 Å². The zero-order valence-electron chi connectivity index (χ0n) is 16.8. The van der Waals surface area contributed by atoms with Gasteiger partial charge in [-0.15, -0.1) is 0 Å². The molecule has 0 unspecified atom stereocenters. The van der Waals surface area contributed by atoms with Crippen molar-refractivity contribution in [2.24, 2.45) is 0 Å². The van der Waals surface area contributed by atoms with Crippen molar-refractivity contribution < 1.29 is 14.6 Å². The smallest absolute Gasteiger partial charge is 0.256 e. The van der Waals surface area contributed by atoms with E-state index in [-0.39, 0.29) is 18.6 Å². The number of aromatic nitrogens is 2. The maximum Gasteiger partial charge on any atom is 0.256 e. The van der Waals surface area contributed by atoms with E-state index in [0.29, 0.717) is 31.9 Å². The third-order valence-corrected chi connectivity index (χ3v) is 5.86. The van der Waals surface area contributed by atoms with Crippen LogP contribution in [0, 0.1) is 0 Å². The molecule has 2 aliphatic heterocycles. The number of morpholine rings is 1. The zero-order chi connectivity index (χ0) is 20.3. The number of amides is 1. The summed E-state index contributed by atoms with van der Waals surface area (Å²) in [6, 6.07) is 10.3. The van der Waals surface area contributed by atoms with Crippen LogP contribution < -0.4 is 10.6 Å². The van der Waals surface area contributed by atoms with Crippen molar-refractivity contribution in [3.63, 3.8) is 0 Å².